The van der Waals surface area contributed by atoms with E-state index in [0.717, 1.165) is 39.0 Å². The monoisotopic (exact) mass is 285 g/mol. The standard InChI is InChI=1S/C17H23N3O/c1-3-10-20-11-8-16(9-12-20)19-13-14-4-6-15(7-5-14)17(21)18-2/h1,4-7,16,19H,8-13H2,2H3,(H,18,21). The molecule has 0 aliphatic carbocycles. The minimum absolute atomic E-state index is 0.0459. The zero-order chi connectivity index (χ0) is 15.1. The average Bonchev–Trinajstić information content (AvgIpc) is 2.54. The predicted octanol–water partition coefficient (Wildman–Crippen LogP) is 1.23. The Labute approximate surface area is 126 Å². The summed E-state index contributed by atoms with van der Waals surface area (Å²) in [6.07, 6.45) is 7.61. The van der Waals surface area contributed by atoms with Crippen LogP contribution in [0.3, 0.4) is 0 Å². The summed E-state index contributed by atoms with van der Waals surface area (Å²) in [5, 5.41) is 6.21. The molecule has 1 aromatic carbocycles. The van der Waals surface area contributed by atoms with Crippen molar-refractivity contribution in [2.45, 2.75) is 25.4 Å². The number of nitrogens with zero attached hydrogens (tertiary/aromatic N) is 1. The second kappa shape index (κ2) is 7.82. The molecule has 2 rings (SSSR count). The molecule has 0 unspecified atom stereocenters. The van der Waals surface area contributed by atoms with E-state index in [1.807, 2.05) is 24.3 Å². The normalized spacial score (nSPS) is 16.4. The number of rotatable bonds is 5. The minimum Gasteiger partial charge on any atom is -0.355 e. The maximum absolute atomic E-state index is 11.5. The van der Waals surface area contributed by atoms with Gasteiger partial charge in [0.2, 0.25) is 0 Å². The van der Waals surface area contributed by atoms with Crippen molar-refractivity contribution in [3.05, 3.63) is 35.4 Å². The number of piperidine rings is 1. The van der Waals surface area contributed by atoms with Gasteiger partial charge in [-0.2, -0.15) is 0 Å². The van der Waals surface area contributed by atoms with Crippen LogP contribution in [-0.4, -0.2) is 43.5 Å². The third kappa shape index (κ3) is 4.59. The molecule has 4 heteroatoms. The van der Waals surface area contributed by atoms with E-state index < -0.39 is 0 Å². The van der Waals surface area contributed by atoms with Crippen molar-refractivity contribution in [1.82, 2.24) is 15.5 Å². The van der Waals surface area contributed by atoms with E-state index >= 15 is 0 Å². The van der Waals surface area contributed by atoms with Gasteiger partial charge < -0.3 is 10.6 Å². The molecule has 1 aromatic rings. The SMILES string of the molecule is C#CCN1CCC(NCc2ccc(C(=O)NC)cc2)CC1. The number of hydrogen-bond donors (Lipinski definition) is 2. The lowest BCUT2D eigenvalue weighted by molar-refractivity contribution is 0.0963. The highest BCUT2D eigenvalue weighted by atomic mass is 16.1. The Morgan fingerprint density at radius 3 is 2.57 bits per heavy atom. The molecule has 1 amide bonds. The Balaban J connectivity index is 1.76. The van der Waals surface area contributed by atoms with Crippen molar-refractivity contribution in [2.24, 2.45) is 0 Å². The lowest BCUT2D eigenvalue weighted by Crippen LogP contribution is -2.42. The zero-order valence-corrected chi connectivity index (χ0v) is 12.6. The molecule has 2 N–H and O–H groups in total. The molecule has 0 radical (unpaired) electrons. The summed E-state index contributed by atoms with van der Waals surface area (Å²) in [5.41, 5.74) is 1.90. The first-order chi connectivity index (χ1) is 10.2. The minimum atomic E-state index is -0.0459. The molecule has 0 spiro atoms. The largest absolute Gasteiger partial charge is 0.355 e. The maximum Gasteiger partial charge on any atom is 0.251 e. The van der Waals surface area contributed by atoms with Crippen LogP contribution >= 0.6 is 0 Å². The summed E-state index contributed by atoms with van der Waals surface area (Å²) < 4.78 is 0. The quantitative estimate of drug-likeness (QED) is 0.800. The van der Waals surface area contributed by atoms with Gasteiger partial charge >= 0.3 is 0 Å². The second-order valence-electron chi connectivity index (χ2n) is 5.41. The van der Waals surface area contributed by atoms with Gasteiger partial charge in [-0.1, -0.05) is 18.1 Å². The molecular weight excluding hydrogens is 262 g/mol. The molecule has 1 saturated heterocycles. The predicted molar refractivity (Wildman–Crippen MR) is 85.0 cm³/mol. The molecular formula is C17H23N3O. The molecule has 1 fully saturated rings. The highest BCUT2D eigenvalue weighted by Crippen LogP contribution is 2.11. The van der Waals surface area contributed by atoms with Crippen molar-refractivity contribution in [3.63, 3.8) is 0 Å². The molecule has 4 nitrogen and oxygen atoms in total. The second-order valence-corrected chi connectivity index (χ2v) is 5.41. The molecule has 0 bridgehead atoms. The van der Waals surface area contributed by atoms with Gasteiger partial charge in [-0.25, -0.2) is 0 Å². The number of benzene rings is 1. The van der Waals surface area contributed by atoms with E-state index in [0.29, 0.717) is 11.6 Å². The van der Waals surface area contributed by atoms with Gasteiger partial charge in [0, 0.05) is 38.3 Å². The number of amides is 1. The van der Waals surface area contributed by atoms with Crippen molar-refractivity contribution < 1.29 is 4.79 Å². The summed E-state index contributed by atoms with van der Waals surface area (Å²) >= 11 is 0. The molecule has 0 aromatic heterocycles. The molecule has 1 aliphatic rings. The van der Waals surface area contributed by atoms with Gasteiger partial charge in [-0.05, 0) is 30.5 Å². The number of likely N-dealkylation sites (tertiary alicyclic amines) is 1. The molecule has 21 heavy (non-hydrogen) atoms. The van der Waals surface area contributed by atoms with Crippen molar-refractivity contribution in [3.8, 4) is 12.3 Å². The van der Waals surface area contributed by atoms with Crippen LogP contribution in [0.25, 0.3) is 0 Å². The zero-order valence-electron chi connectivity index (χ0n) is 12.6. The smallest absolute Gasteiger partial charge is 0.251 e. The average molecular weight is 285 g/mol. The van der Waals surface area contributed by atoms with Gasteiger partial charge in [0.1, 0.15) is 0 Å². The third-order valence-corrected chi connectivity index (χ3v) is 3.94. The number of nitrogens with one attached hydrogen (secondary N) is 2. The summed E-state index contributed by atoms with van der Waals surface area (Å²) in [5.74, 6) is 2.66. The van der Waals surface area contributed by atoms with E-state index in [1.165, 1.54) is 5.56 Å². The number of terminal acetylenes is 1. The van der Waals surface area contributed by atoms with Gasteiger partial charge in [0.05, 0.1) is 6.54 Å². The molecule has 1 aliphatic heterocycles. The van der Waals surface area contributed by atoms with Crippen LogP contribution < -0.4 is 10.6 Å². The van der Waals surface area contributed by atoms with E-state index in [-0.39, 0.29) is 5.91 Å². The highest BCUT2D eigenvalue weighted by Gasteiger charge is 2.17. The Morgan fingerprint density at radius 2 is 2.00 bits per heavy atom. The van der Waals surface area contributed by atoms with Gasteiger partial charge in [-0.3, -0.25) is 9.69 Å². The third-order valence-electron chi connectivity index (χ3n) is 3.94. The van der Waals surface area contributed by atoms with Crippen molar-refractivity contribution >= 4 is 5.91 Å². The lowest BCUT2D eigenvalue weighted by atomic mass is 10.0. The van der Waals surface area contributed by atoms with Crippen LogP contribution in [0.1, 0.15) is 28.8 Å². The van der Waals surface area contributed by atoms with Crippen LogP contribution in [0, 0.1) is 12.3 Å². The Morgan fingerprint density at radius 1 is 1.33 bits per heavy atom. The highest BCUT2D eigenvalue weighted by molar-refractivity contribution is 5.93. The molecule has 0 saturated carbocycles. The molecule has 1 heterocycles. The number of carbonyl (C=O) groups is 1. The Bertz CT molecular complexity index is 496. The van der Waals surface area contributed by atoms with Crippen LogP contribution in [0.4, 0.5) is 0 Å². The lowest BCUT2D eigenvalue weighted by Gasteiger charge is -2.31. The molecule has 0 atom stereocenters. The Kier molecular flexibility index (Phi) is 5.79. The van der Waals surface area contributed by atoms with Crippen LogP contribution in [0.15, 0.2) is 24.3 Å². The van der Waals surface area contributed by atoms with Crippen LogP contribution in [0.5, 0.6) is 0 Å². The van der Waals surface area contributed by atoms with Crippen molar-refractivity contribution in [2.75, 3.05) is 26.7 Å². The first-order valence-electron chi connectivity index (χ1n) is 7.43. The molecule has 112 valence electrons. The van der Waals surface area contributed by atoms with E-state index in [1.54, 1.807) is 7.05 Å². The fourth-order valence-corrected chi connectivity index (χ4v) is 2.60. The van der Waals surface area contributed by atoms with E-state index in [4.69, 9.17) is 6.42 Å². The Hall–Kier alpha value is -1.83. The van der Waals surface area contributed by atoms with Crippen LogP contribution in [-0.2, 0) is 6.54 Å². The fraction of sp³-hybridized carbons (Fsp3) is 0.471. The van der Waals surface area contributed by atoms with E-state index in [9.17, 15) is 4.79 Å². The maximum atomic E-state index is 11.5. The van der Waals surface area contributed by atoms with Gasteiger partial charge in [0.25, 0.3) is 5.91 Å². The topological polar surface area (TPSA) is 44.4 Å². The summed E-state index contributed by atoms with van der Waals surface area (Å²) in [6.45, 7) is 3.73. The van der Waals surface area contributed by atoms with Gasteiger partial charge in [0.15, 0.2) is 0 Å². The summed E-state index contributed by atoms with van der Waals surface area (Å²) in [6, 6.07) is 8.30. The fourth-order valence-electron chi connectivity index (χ4n) is 2.60. The van der Waals surface area contributed by atoms with Crippen molar-refractivity contribution in [1.29, 1.82) is 0 Å². The first-order valence-corrected chi connectivity index (χ1v) is 7.43. The van der Waals surface area contributed by atoms with Gasteiger partial charge in [-0.15, -0.1) is 6.42 Å². The summed E-state index contributed by atoms with van der Waals surface area (Å²) in [7, 11) is 1.64. The number of hydrogen-bond acceptors (Lipinski definition) is 3. The summed E-state index contributed by atoms with van der Waals surface area (Å²) in [4.78, 5) is 13.8. The van der Waals surface area contributed by atoms with E-state index in [2.05, 4.69) is 21.5 Å². The number of carbonyl (C=O) groups excluding carboxylic acids is 1. The van der Waals surface area contributed by atoms with Crippen LogP contribution in [0.2, 0.25) is 0 Å². The first kappa shape index (κ1) is 15.6.